The van der Waals surface area contributed by atoms with Crippen LogP contribution in [-0.2, 0) is 4.74 Å². The second-order valence-electron chi connectivity index (χ2n) is 7.54. The summed E-state index contributed by atoms with van der Waals surface area (Å²) in [5.74, 6) is 0. The lowest BCUT2D eigenvalue weighted by Gasteiger charge is -2.48. The smallest absolute Gasteiger partial charge is 0.127 e. The van der Waals surface area contributed by atoms with Crippen molar-refractivity contribution in [1.29, 1.82) is 0 Å². The van der Waals surface area contributed by atoms with E-state index in [9.17, 15) is 10.2 Å². The van der Waals surface area contributed by atoms with Crippen molar-refractivity contribution >= 4 is 0 Å². The van der Waals surface area contributed by atoms with Gasteiger partial charge in [0.05, 0.1) is 11.2 Å². The normalized spacial score (nSPS) is 46.3. The fraction of sp³-hybridized carbons (Fsp3) is 0.765. The average Bonchev–Trinajstić information content (AvgIpc) is 2.67. The zero-order chi connectivity index (χ0) is 13.6. The molecule has 0 spiro atoms. The Morgan fingerprint density at radius 3 is 1.50 bits per heavy atom. The summed E-state index contributed by atoms with van der Waals surface area (Å²) in [5, 5.41) is 21.7. The molecule has 1 aliphatic heterocycles. The Balaban J connectivity index is 1.59. The Bertz CT molecular complexity index is 551. The Morgan fingerprint density at radius 1 is 0.700 bits per heavy atom. The molecule has 108 valence electrons. The van der Waals surface area contributed by atoms with Crippen molar-refractivity contribution < 1.29 is 14.9 Å². The highest BCUT2D eigenvalue weighted by molar-refractivity contribution is 5.60. The van der Waals surface area contributed by atoms with E-state index in [0.717, 1.165) is 68.9 Å². The minimum absolute atomic E-state index is 0.245. The van der Waals surface area contributed by atoms with Gasteiger partial charge in [0.25, 0.3) is 0 Å². The van der Waals surface area contributed by atoms with Gasteiger partial charge in [-0.3, -0.25) is 0 Å². The number of rotatable bonds is 2. The molecule has 3 saturated carbocycles. The second kappa shape index (κ2) is 3.23. The van der Waals surface area contributed by atoms with Gasteiger partial charge in [-0.15, -0.1) is 0 Å². The van der Waals surface area contributed by atoms with Gasteiger partial charge in [-0.25, -0.2) is 0 Å². The Hall–Kier alpha value is -0.640. The molecule has 5 rings (SSSR count). The van der Waals surface area contributed by atoms with Crippen LogP contribution in [0.4, 0.5) is 0 Å². The molecule has 20 heavy (non-hydrogen) atoms. The minimum atomic E-state index is -0.646. The number of ether oxygens (including phenoxy) is 1. The molecular weight excluding hydrogens is 252 g/mol. The Labute approximate surface area is 119 Å². The van der Waals surface area contributed by atoms with Crippen LogP contribution in [0.2, 0.25) is 0 Å². The van der Waals surface area contributed by atoms with Crippen molar-refractivity contribution in [3.05, 3.63) is 23.3 Å². The summed E-state index contributed by atoms with van der Waals surface area (Å²) in [6, 6.07) is 0. The SMILES string of the molecule is OC1(C2=CC=C(C3(O)CCC3)C34CCC23O4)CCCC1. The molecule has 2 unspecified atom stereocenters. The summed E-state index contributed by atoms with van der Waals surface area (Å²) in [6.45, 7) is 0. The highest BCUT2D eigenvalue weighted by Gasteiger charge is 2.83. The summed E-state index contributed by atoms with van der Waals surface area (Å²) in [6.07, 6.45) is 13.0. The number of aliphatic hydroxyl groups is 2. The molecule has 2 N–H and O–H groups in total. The van der Waals surface area contributed by atoms with Crippen LogP contribution in [-0.4, -0.2) is 32.6 Å². The highest BCUT2D eigenvalue weighted by Crippen LogP contribution is 2.75. The molecule has 3 heteroatoms. The number of hydrogen-bond donors (Lipinski definition) is 2. The quantitative estimate of drug-likeness (QED) is 0.760. The molecule has 4 fully saturated rings. The van der Waals surface area contributed by atoms with E-state index >= 15 is 0 Å². The molecule has 1 saturated heterocycles. The lowest BCUT2D eigenvalue weighted by atomic mass is 9.55. The maximum absolute atomic E-state index is 10.9. The van der Waals surface area contributed by atoms with Crippen LogP contribution < -0.4 is 0 Å². The molecule has 2 atom stereocenters. The topological polar surface area (TPSA) is 53.0 Å². The summed E-state index contributed by atoms with van der Waals surface area (Å²) in [5.41, 5.74) is 0.453. The molecule has 0 aromatic rings. The van der Waals surface area contributed by atoms with E-state index in [4.69, 9.17) is 4.74 Å². The molecular formula is C17H22O3. The van der Waals surface area contributed by atoms with Crippen LogP contribution >= 0.6 is 0 Å². The number of allylic oxidation sites excluding steroid dienone is 2. The average molecular weight is 274 g/mol. The number of epoxide rings is 1. The molecule has 0 bridgehead atoms. The third kappa shape index (κ3) is 1.09. The van der Waals surface area contributed by atoms with Crippen LogP contribution in [0.15, 0.2) is 23.3 Å². The van der Waals surface area contributed by atoms with Crippen molar-refractivity contribution in [2.45, 2.75) is 80.2 Å². The van der Waals surface area contributed by atoms with E-state index in [1.54, 1.807) is 0 Å². The first-order valence-electron chi connectivity index (χ1n) is 8.14. The van der Waals surface area contributed by atoms with E-state index < -0.39 is 11.2 Å². The van der Waals surface area contributed by atoms with E-state index in [1.807, 2.05) is 0 Å². The van der Waals surface area contributed by atoms with E-state index in [1.165, 1.54) is 0 Å². The van der Waals surface area contributed by atoms with Crippen molar-refractivity contribution in [2.24, 2.45) is 0 Å². The van der Waals surface area contributed by atoms with Crippen molar-refractivity contribution in [2.75, 3.05) is 0 Å². The summed E-state index contributed by atoms with van der Waals surface area (Å²) >= 11 is 0. The van der Waals surface area contributed by atoms with Crippen molar-refractivity contribution in [3.63, 3.8) is 0 Å². The molecule has 4 aliphatic carbocycles. The summed E-state index contributed by atoms with van der Waals surface area (Å²) < 4.78 is 6.23. The summed E-state index contributed by atoms with van der Waals surface area (Å²) in [7, 11) is 0. The standard InChI is InChI=1S/C17H22O3/c18-14(6-1-2-7-14)12-4-5-13(15(19)8-3-9-15)17-11-10-16(12,17)20-17/h4-5,18-19H,1-3,6-11H2. The van der Waals surface area contributed by atoms with Gasteiger partial charge in [-0.1, -0.05) is 25.0 Å². The van der Waals surface area contributed by atoms with Crippen LogP contribution in [0.5, 0.6) is 0 Å². The van der Waals surface area contributed by atoms with Crippen LogP contribution in [0.25, 0.3) is 0 Å². The Kier molecular flexibility index (Phi) is 1.93. The lowest BCUT2D eigenvalue weighted by molar-refractivity contribution is -0.0124. The molecule has 0 aromatic carbocycles. The molecule has 3 nitrogen and oxygen atoms in total. The Morgan fingerprint density at radius 2 is 1.15 bits per heavy atom. The summed E-state index contributed by atoms with van der Waals surface area (Å²) in [4.78, 5) is 0. The molecule has 0 amide bonds. The number of hydrogen-bond acceptors (Lipinski definition) is 3. The third-order valence-electron chi connectivity index (χ3n) is 6.69. The minimum Gasteiger partial charge on any atom is -0.385 e. The van der Waals surface area contributed by atoms with Crippen molar-refractivity contribution in [3.8, 4) is 0 Å². The maximum atomic E-state index is 10.9. The highest BCUT2D eigenvalue weighted by atomic mass is 16.6. The predicted molar refractivity (Wildman–Crippen MR) is 74.2 cm³/mol. The molecule has 1 heterocycles. The van der Waals surface area contributed by atoms with Crippen LogP contribution in [0.3, 0.4) is 0 Å². The fourth-order valence-electron chi connectivity index (χ4n) is 5.28. The van der Waals surface area contributed by atoms with Crippen LogP contribution in [0, 0.1) is 0 Å². The molecule has 5 aliphatic rings. The predicted octanol–water partition coefficient (Wildman–Crippen LogP) is 2.37. The third-order valence-corrected chi connectivity index (χ3v) is 6.69. The largest absolute Gasteiger partial charge is 0.385 e. The first-order valence-corrected chi connectivity index (χ1v) is 8.14. The van der Waals surface area contributed by atoms with Crippen LogP contribution in [0.1, 0.15) is 57.8 Å². The van der Waals surface area contributed by atoms with Gasteiger partial charge in [0.1, 0.15) is 11.2 Å². The van der Waals surface area contributed by atoms with Gasteiger partial charge >= 0.3 is 0 Å². The molecule has 0 aromatic heterocycles. The monoisotopic (exact) mass is 274 g/mol. The zero-order valence-corrected chi connectivity index (χ0v) is 11.8. The van der Waals surface area contributed by atoms with Crippen molar-refractivity contribution in [1.82, 2.24) is 0 Å². The van der Waals surface area contributed by atoms with Gasteiger partial charge in [0, 0.05) is 0 Å². The first-order chi connectivity index (χ1) is 9.55. The van der Waals surface area contributed by atoms with Gasteiger partial charge in [-0.05, 0) is 56.1 Å². The van der Waals surface area contributed by atoms with Gasteiger partial charge in [-0.2, -0.15) is 0 Å². The van der Waals surface area contributed by atoms with E-state index in [0.29, 0.717) is 0 Å². The molecule has 0 radical (unpaired) electrons. The van der Waals surface area contributed by atoms with Gasteiger partial charge < -0.3 is 14.9 Å². The van der Waals surface area contributed by atoms with Gasteiger partial charge in [0.15, 0.2) is 0 Å². The lowest BCUT2D eigenvalue weighted by Crippen LogP contribution is -2.54. The fourth-order valence-corrected chi connectivity index (χ4v) is 5.28. The zero-order valence-electron chi connectivity index (χ0n) is 11.8. The maximum Gasteiger partial charge on any atom is 0.127 e. The first kappa shape index (κ1) is 12.0. The van der Waals surface area contributed by atoms with Gasteiger partial charge in [0.2, 0.25) is 0 Å². The van der Waals surface area contributed by atoms with E-state index in [-0.39, 0.29) is 11.2 Å². The van der Waals surface area contributed by atoms with E-state index in [2.05, 4.69) is 12.2 Å². The second-order valence-corrected chi connectivity index (χ2v) is 7.54.